The average Bonchev–Trinajstić information content (AvgIpc) is 3.12. The number of carboxylic acid groups (broad SMARTS) is 1. The van der Waals surface area contributed by atoms with Crippen molar-refractivity contribution >= 4 is 17.6 Å². The zero-order valence-corrected chi connectivity index (χ0v) is 15.0. The number of aliphatic carboxylic acids is 1. The first-order valence-electron chi connectivity index (χ1n) is 8.80. The number of hydrogen-bond donors (Lipinski definition) is 2. The van der Waals surface area contributed by atoms with Crippen LogP contribution in [0.1, 0.15) is 31.7 Å². The van der Waals surface area contributed by atoms with Gasteiger partial charge in [-0.3, -0.25) is 14.5 Å². The fraction of sp³-hybridized carbons (Fsp3) is 0.579. The summed E-state index contributed by atoms with van der Waals surface area (Å²) < 4.78 is 5.31. The van der Waals surface area contributed by atoms with Crippen molar-refractivity contribution < 1.29 is 19.4 Å². The Morgan fingerprint density at radius 2 is 2.20 bits per heavy atom. The van der Waals surface area contributed by atoms with Crippen molar-refractivity contribution in [1.82, 2.24) is 4.90 Å². The van der Waals surface area contributed by atoms with Crippen LogP contribution in [0.3, 0.4) is 0 Å². The Kier molecular flexibility index (Phi) is 4.73. The van der Waals surface area contributed by atoms with E-state index in [0.717, 1.165) is 18.4 Å². The van der Waals surface area contributed by atoms with Crippen LogP contribution in [0.15, 0.2) is 18.2 Å². The molecule has 1 unspecified atom stereocenters. The van der Waals surface area contributed by atoms with Gasteiger partial charge < -0.3 is 15.2 Å². The van der Waals surface area contributed by atoms with Crippen molar-refractivity contribution in [3.63, 3.8) is 0 Å². The first kappa shape index (κ1) is 17.7. The number of likely N-dealkylation sites (tertiary alicyclic amines) is 1. The summed E-state index contributed by atoms with van der Waals surface area (Å²) in [4.78, 5) is 26.5. The third kappa shape index (κ3) is 3.11. The van der Waals surface area contributed by atoms with E-state index in [1.165, 1.54) is 0 Å². The quantitative estimate of drug-likeness (QED) is 0.856. The van der Waals surface area contributed by atoms with Gasteiger partial charge in [-0.05, 0) is 50.3 Å². The lowest BCUT2D eigenvalue weighted by Crippen LogP contribution is -2.43. The van der Waals surface area contributed by atoms with Gasteiger partial charge in [-0.25, -0.2) is 0 Å². The summed E-state index contributed by atoms with van der Waals surface area (Å²) >= 11 is 0. The SMILES string of the molecule is COc1ccc(C)cc1NC(=O)C(C)N1C[C@@H]2CCC[C@@]2(C(=O)O)C1. The van der Waals surface area contributed by atoms with Crippen LogP contribution in [0.4, 0.5) is 5.69 Å². The number of ether oxygens (including phenoxy) is 1. The van der Waals surface area contributed by atoms with Gasteiger partial charge in [0.05, 0.1) is 24.3 Å². The van der Waals surface area contributed by atoms with Crippen LogP contribution in [0.2, 0.25) is 0 Å². The van der Waals surface area contributed by atoms with E-state index in [1.54, 1.807) is 7.11 Å². The molecule has 136 valence electrons. The number of nitrogens with zero attached hydrogens (tertiary/aromatic N) is 1. The van der Waals surface area contributed by atoms with E-state index in [-0.39, 0.29) is 17.9 Å². The minimum absolute atomic E-state index is 0.135. The number of carbonyl (C=O) groups excluding carboxylic acids is 1. The summed E-state index contributed by atoms with van der Waals surface area (Å²) in [6.45, 7) is 4.92. The second kappa shape index (κ2) is 6.67. The third-order valence-corrected chi connectivity index (χ3v) is 5.86. The van der Waals surface area contributed by atoms with E-state index in [1.807, 2.05) is 36.9 Å². The van der Waals surface area contributed by atoms with Gasteiger partial charge in [0.25, 0.3) is 0 Å². The van der Waals surface area contributed by atoms with Crippen LogP contribution in [-0.2, 0) is 9.59 Å². The predicted octanol–water partition coefficient (Wildman–Crippen LogP) is 2.52. The Balaban J connectivity index is 1.72. The fourth-order valence-corrected chi connectivity index (χ4v) is 4.30. The zero-order chi connectivity index (χ0) is 18.2. The molecular formula is C19H26N2O4. The van der Waals surface area contributed by atoms with Crippen molar-refractivity contribution in [2.45, 2.75) is 39.2 Å². The first-order valence-corrected chi connectivity index (χ1v) is 8.80. The lowest BCUT2D eigenvalue weighted by Gasteiger charge is -2.26. The van der Waals surface area contributed by atoms with E-state index in [2.05, 4.69) is 5.32 Å². The largest absolute Gasteiger partial charge is 0.495 e. The highest BCUT2D eigenvalue weighted by Gasteiger charge is 2.55. The van der Waals surface area contributed by atoms with Crippen LogP contribution < -0.4 is 10.1 Å². The average molecular weight is 346 g/mol. The van der Waals surface area contributed by atoms with Crippen LogP contribution in [0.5, 0.6) is 5.75 Å². The van der Waals surface area contributed by atoms with Crippen LogP contribution >= 0.6 is 0 Å². The molecule has 2 N–H and O–H groups in total. The van der Waals surface area contributed by atoms with Gasteiger partial charge in [0.15, 0.2) is 0 Å². The highest BCUT2D eigenvalue weighted by atomic mass is 16.5. The molecule has 1 amide bonds. The van der Waals surface area contributed by atoms with Crippen molar-refractivity contribution in [3.05, 3.63) is 23.8 Å². The smallest absolute Gasteiger partial charge is 0.311 e. The Bertz CT molecular complexity index is 690. The van der Waals surface area contributed by atoms with Gasteiger partial charge in [-0.2, -0.15) is 0 Å². The number of rotatable bonds is 5. The summed E-state index contributed by atoms with van der Waals surface area (Å²) in [5, 5.41) is 12.6. The lowest BCUT2D eigenvalue weighted by molar-refractivity contribution is -0.149. The summed E-state index contributed by atoms with van der Waals surface area (Å²) in [5.74, 6) is -0.0879. The Morgan fingerprint density at radius 3 is 2.84 bits per heavy atom. The molecule has 0 aromatic heterocycles. The molecule has 3 atom stereocenters. The number of hydrogen-bond acceptors (Lipinski definition) is 4. The van der Waals surface area contributed by atoms with Crippen molar-refractivity contribution in [1.29, 1.82) is 0 Å². The summed E-state index contributed by atoms with van der Waals surface area (Å²) in [6, 6.07) is 5.25. The summed E-state index contributed by atoms with van der Waals surface area (Å²) in [6.07, 6.45) is 2.61. The highest BCUT2D eigenvalue weighted by molar-refractivity contribution is 5.96. The fourth-order valence-electron chi connectivity index (χ4n) is 4.30. The van der Waals surface area contributed by atoms with Gasteiger partial charge in [-0.15, -0.1) is 0 Å². The molecule has 1 aromatic carbocycles. The number of methoxy groups -OCH3 is 1. The second-order valence-corrected chi connectivity index (χ2v) is 7.35. The van der Waals surface area contributed by atoms with Crippen molar-refractivity contribution in [2.24, 2.45) is 11.3 Å². The number of carboxylic acids is 1. The molecule has 1 heterocycles. The van der Waals surface area contributed by atoms with E-state index >= 15 is 0 Å². The number of fused-ring (bicyclic) bond motifs is 1. The molecule has 6 heteroatoms. The Hall–Kier alpha value is -2.08. The zero-order valence-electron chi connectivity index (χ0n) is 15.0. The van der Waals surface area contributed by atoms with Gasteiger partial charge in [0.1, 0.15) is 5.75 Å². The van der Waals surface area contributed by atoms with Gasteiger partial charge in [0.2, 0.25) is 5.91 Å². The maximum atomic E-state index is 12.7. The van der Waals surface area contributed by atoms with Gasteiger partial charge in [-0.1, -0.05) is 12.5 Å². The third-order valence-electron chi connectivity index (χ3n) is 5.86. The summed E-state index contributed by atoms with van der Waals surface area (Å²) in [7, 11) is 1.57. The Labute approximate surface area is 148 Å². The number of aryl methyl sites for hydroxylation is 1. The van der Waals surface area contributed by atoms with Crippen LogP contribution in [0, 0.1) is 18.3 Å². The number of benzene rings is 1. The molecular weight excluding hydrogens is 320 g/mol. The maximum Gasteiger partial charge on any atom is 0.311 e. The molecule has 0 spiro atoms. The normalized spacial score (nSPS) is 26.9. The standard InChI is InChI=1S/C19H26N2O4/c1-12-6-7-16(25-3)15(9-12)20-17(22)13(2)21-10-14-5-4-8-19(14,11-21)18(23)24/h6-7,9,13-14H,4-5,8,10-11H2,1-3H3,(H,20,22)(H,23,24)/t13?,14-,19+/m0/s1. The van der Waals surface area contributed by atoms with E-state index < -0.39 is 11.4 Å². The molecule has 2 fully saturated rings. The van der Waals surface area contributed by atoms with Gasteiger partial charge >= 0.3 is 5.97 Å². The number of amides is 1. The molecule has 25 heavy (non-hydrogen) atoms. The number of nitrogens with one attached hydrogen (secondary N) is 1. The topological polar surface area (TPSA) is 78.9 Å². The van der Waals surface area contributed by atoms with E-state index in [0.29, 0.717) is 30.9 Å². The number of anilines is 1. The lowest BCUT2D eigenvalue weighted by atomic mass is 9.81. The molecule has 1 saturated carbocycles. The molecule has 6 nitrogen and oxygen atoms in total. The maximum absolute atomic E-state index is 12.7. The molecule has 1 aromatic rings. The summed E-state index contributed by atoms with van der Waals surface area (Å²) in [5.41, 5.74) is 1.01. The molecule has 2 aliphatic rings. The second-order valence-electron chi connectivity index (χ2n) is 7.35. The highest BCUT2D eigenvalue weighted by Crippen LogP contribution is 2.49. The molecule has 0 radical (unpaired) electrons. The van der Waals surface area contributed by atoms with Crippen molar-refractivity contribution in [3.8, 4) is 5.75 Å². The van der Waals surface area contributed by atoms with Crippen LogP contribution in [-0.4, -0.2) is 48.1 Å². The molecule has 0 bridgehead atoms. The molecule has 1 aliphatic heterocycles. The molecule has 1 saturated heterocycles. The predicted molar refractivity (Wildman–Crippen MR) is 94.8 cm³/mol. The Morgan fingerprint density at radius 1 is 1.44 bits per heavy atom. The van der Waals surface area contributed by atoms with E-state index in [9.17, 15) is 14.7 Å². The minimum Gasteiger partial charge on any atom is -0.495 e. The minimum atomic E-state index is -0.717. The van der Waals surface area contributed by atoms with E-state index in [4.69, 9.17) is 4.74 Å². The number of carbonyl (C=O) groups is 2. The van der Waals surface area contributed by atoms with Gasteiger partial charge in [0, 0.05) is 13.1 Å². The molecule has 1 aliphatic carbocycles. The monoisotopic (exact) mass is 346 g/mol. The van der Waals surface area contributed by atoms with Crippen LogP contribution in [0.25, 0.3) is 0 Å². The first-order chi connectivity index (χ1) is 11.9. The molecule has 3 rings (SSSR count). The van der Waals surface area contributed by atoms with Crippen molar-refractivity contribution in [2.75, 3.05) is 25.5 Å².